The first-order chi connectivity index (χ1) is 21.7. The third-order valence-corrected chi connectivity index (χ3v) is 7.39. The lowest BCUT2D eigenvalue weighted by Crippen LogP contribution is -2.42. The summed E-state index contributed by atoms with van der Waals surface area (Å²) >= 11 is 0. The van der Waals surface area contributed by atoms with E-state index >= 15 is 0 Å². The molecule has 0 radical (unpaired) electrons. The second kappa shape index (κ2) is 13.7. The molecule has 1 aliphatic heterocycles. The number of nitrogens with zero attached hydrogens (tertiary/aromatic N) is 3. The van der Waals surface area contributed by atoms with Gasteiger partial charge in [0.05, 0.1) is 30.8 Å². The Morgan fingerprint density at radius 3 is 1.93 bits per heavy atom. The Hall–Kier alpha value is -5.47. The molecule has 1 N–H and O–H groups in total. The summed E-state index contributed by atoms with van der Waals surface area (Å²) in [6, 6.07) is 39.4. The number of rotatable bonds is 9. The summed E-state index contributed by atoms with van der Waals surface area (Å²) in [5.74, 6) is 0.214. The van der Waals surface area contributed by atoms with Crippen molar-refractivity contribution >= 4 is 18.0 Å². The monoisotopic (exact) mass is 584 g/mol. The second-order valence-electron chi connectivity index (χ2n) is 10.3. The van der Waals surface area contributed by atoms with Gasteiger partial charge < -0.3 is 18.9 Å². The van der Waals surface area contributed by atoms with Crippen LogP contribution in [0.3, 0.4) is 0 Å². The number of hydrogen-bond donors (Lipinski definition) is 1. The van der Waals surface area contributed by atoms with Crippen molar-refractivity contribution in [1.82, 2.24) is 14.9 Å². The van der Waals surface area contributed by atoms with Crippen LogP contribution in [0.4, 0.5) is 0 Å². The van der Waals surface area contributed by atoms with Crippen LogP contribution in [-0.2, 0) is 9.53 Å². The van der Waals surface area contributed by atoms with E-state index in [1.807, 2.05) is 60.7 Å². The molecule has 0 bridgehead atoms. The fraction of sp³-hybridized carbons (Fsp3) is 0.139. The van der Waals surface area contributed by atoms with Gasteiger partial charge in [-0.25, -0.2) is 5.43 Å². The van der Waals surface area contributed by atoms with Gasteiger partial charge in [0.1, 0.15) is 5.75 Å². The first-order valence-corrected chi connectivity index (χ1v) is 14.5. The van der Waals surface area contributed by atoms with Gasteiger partial charge >= 0.3 is 0 Å². The zero-order chi connectivity index (χ0) is 30.1. The van der Waals surface area contributed by atoms with Crippen molar-refractivity contribution in [3.05, 3.63) is 132 Å². The zero-order valence-corrected chi connectivity index (χ0v) is 24.1. The molecule has 0 spiro atoms. The Morgan fingerprint density at radius 1 is 0.750 bits per heavy atom. The van der Waals surface area contributed by atoms with Crippen LogP contribution in [0.2, 0.25) is 0 Å². The maximum Gasteiger partial charge on any atom is 0.271 e. The molecule has 1 fully saturated rings. The van der Waals surface area contributed by atoms with Crippen molar-refractivity contribution < 1.29 is 19.1 Å². The lowest BCUT2D eigenvalue weighted by atomic mass is 10.1. The number of ether oxygens (including phenoxy) is 2. The molecule has 44 heavy (non-hydrogen) atoms. The van der Waals surface area contributed by atoms with Crippen LogP contribution in [-0.4, -0.2) is 60.4 Å². The van der Waals surface area contributed by atoms with Crippen molar-refractivity contribution in [1.29, 1.82) is 0 Å². The van der Waals surface area contributed by atoms with E-state index in [-0.39, 0.29) is 18.4 Å². The summed E-state index contributed by atoms with van der Waals surface area (Å²) in [5.41, 5.74) is 9.15. The molecule has 5 aromatic rings. The fourth-order valence-corrected chi connectivity index (χ4v) is 5.07. The maximum absolute atomic E-state index is 12.8. The Balaban J connectivity index is 1.10. The SMILES string of the molecule is O=C(N/N=C\c1ccc(OCC(=O)N2CCOCC2)cc1)c1ccc(-n2c(-c3ccccc3)ccc2-c2ccccc2)cc1. The van der Waals surface area contributed by atoms with Gasteiger partial charge in [-0.2, -0.15) is 5.10 Å². The molecule has 4 aromatic carbocycles. The molecule has 1 saturated heterocycles. The van der Waals surface area contributed by atoms with E-state index in [2.05, 4.69) is 51.5 Å². The van der Waals surface area contributed by atoms with Gasteiger partial charge in [0.2, 0.25) is 0 Å². The zero-order valence-electron chi connectivity index (χ0n) is 24.1. The van der Waals surface area contributed by atoms with E-state index in [9.17, 15) is 9.59 Å². The normalized spacial score (nSPS) is 13.1. The molecule has 1 aliphatic rings. The number of aromatic nitrogens is 1. The third kappa shape index (κ3) is 6.77. The molecule has 0 atom stereocenters. The van der Waals surface area contributed by atoms with Crippen molar-refractivity contribution in [2.24, 2.45) is 5.10 Å². The number of benzene rings is 4. The van der Waals surface area contributed by atoms with Crippen LogP contribution >= 0.6 is 0 Å². The van der Waals surface area contributed by atoms with Crippen LogP contribution in [0, 0.1) is 0 Å². The fourth-order valence-electron chi connectivity index (χ4n) is 5.07. The summed E-state index contributed by atoms with van der Waals surface area (Å²) in [4.78, 5) is 26.9. The van der Waals surface area contributed by atoms with E-state index in [4.69, 9.17) is 9.47 Å². The second-order valence-corrected chi connectivity index (χ2v) is 10.3. The highest BCUT2D eigenvalue weighted by atomic mass is 16.5. The van der Waals surface area contributed by atoms with Crippen LogP contribution in [0.1, 0.15) is 15.9 Å². The van der Waals surface area contributed by atoms with Gasteiger partial charge in [0, 0.05) is 24.3 Å². The Labute approximate surface area is 256 Å². The van der Waals surface area contributed by atoms with Crippen molar-refractivity contribution in [3.63, 3.8) is 0 Å². The van der Waals surface area contributed by atoms with Gasteiger partial charge in [-0.3, -0.25) is 9.59 Å². The molecule has 0 aliphatic carbocycles. The van der Waals surface area contributed by atoms with E-state index in [1.54, 1.807) is 35.4 Å². The number of nitrogens with one attached hydrogen (secondary N) is 1. The van der Waals surface area contributed by atoms with Gasteiger partial charge in [0.25, 0.3) is 11.8 Å². The van der Waals surface area contributed by atoms with Crippen LogP contribution < -0.4 is 10.2 Å². The highest BCUT2D eigenvalue weighted by Crippen LogP contribution is 2.32. The first-order valence-electron chi connectivity index (χ1n) is 14.5. The third-order valence-electron chi connectivity index (χ3n) is 7.39. The first kappa shape index (κ1) is 28.6. The predicted molar refractivity (Wildman–Crippen MR) is 171 cm³/mol. The average molecular weight is 585 g/mol. The number of morpholine rings is 1. The van der Waals surface area contributed by atoms with Gasteiger partial charge in [-0.15, -0.1) is 0 Å². The largest absolute Gasteiger partial charge is 0.484 e. The molecular formula is C36H32N4O4. The lowest BCUT2D eigenvalue weighted by Gasteiger charge is -2.26. The highest BCUT2D eigenvalue weighted by molar-refractivity contribution is 5.95. The number of amides is 2. The topological polar surface area (TPSA) is 85.2 Å². The van der Waals surface area contributed by atoms with E-state index < -0.39 is 0 Å². The molecule has 8 heteroatoms. The number of carbonyl (C=O) groups excluding carboxylic acids is 2. The summed E-state index contributed by atoms with van der Waals surface area (Å²) < 4.78 is 13.1. The maximum atomic E-state index is 12.8. The molecule has 8 nitrogen and oxygen atoms in total. The van der Waals surface area contributed by atoms with Gasteiger partial charge in [-0.1, -0.05) is 60.7 Å². The Kier molecular flexibility index (Phi) is 8.90. The molecular weight excluding hydrogens is 552 g/mol. The molecule has 2 amide bonds. The predicted octanol–water partition coefficient (Wildman–Crippen LogP) is 5.81. The number of hydrogen-bond acceptors (Lipinski definition) is 5. The molecule has 2 heterocycles. The number of carbonyl (C=O) groups is 2. The minimum absolute atomic E-state index is 0.0201. The van der Waals surface area contributed by atoms with Crippen molar-refractivity contribution in [2.45, 2.75) is 0 Å². The van der Waals surface area contributed by atoms with Crippen LogP contribution in [0.15, 0.2) is 126 Å². The average Bonchev–Trinajstić information content (AvgIpc) is 3.54. The number of hydrazone groups is 1. The van der Waals surface area contributed by atoms with Gasteiger partial charge in [0.15, 0.2) is 6.61 Å². The van der Waals surface area contributed by atoms with Gasteiger partial charge in [-0.05, 0) is 77.4 Å². The Bertz CT molecular complexity index is 1670. The van der Waals surface area contributed by atoms with Crippen molar-refractivity contribution in [2.75, 3.05) is 32.9 Å². The highest BCUT2D eigenvalue weighted by Gasteiger charge is 2.17. The van der Waals surface area contributed by atoms with E-state index in [0.29, 0.717) is 37.6 Å². The smallest absolute Gasteiger partial charge is 0.271 e. The molecule has 1 aromatic heterocycles. The summed E-state index contributed by atoms with van der Waals surface area (Å²) in [6.45, 7) is 2.27. The minimum Gasteiger partial charge on any atom is -0.484 e. The summed E-state index contributed by atoms with van der Waals surface area (Å²) in [5, 5.41) is 4.12. The van der Waals surface area contributed by atoms with E-state index in [1.165, 1.54) is 0 Å². The standard InChI is InChI=1S/C36H32N4O4/c41-35(39-21-23-43-24-22-39)26-44-32-17-11-27(12-18-32)25-37-38-36(42)30-13-15-31(16-14-30)40-33(28-7-3-1-4-8-28)19-20-34(40)29-9-5-2-6-10-29/h1-20,25H,21-24,26H2,(H,38,42)/b37-25-. The molecule has 0 saturated carbocycles. The quantitative estimate of drug-likeness (QED) is 0.175. The minimum atomic E-state index is -0.312. The summed E-state index contributed by atoms with van der Waals surface area (Å²) in [6.07, 6.45) is 1.56. The van der Waals surface area contributed by atoms with E-state index in [0.717, 1.165) is 33.8 Å². The summed E-state index contributed by atoms with van der Waals surface area (Å²) in [7, 11) is 0. The lowest BCUT2D eigenvalue weighted by molar-refractivity contribution is -0.137. The molecule has 0 unspecified atom stereocenters. The molecule has 6 rings (SSSR count). The Morgan fingerprint density at radius 2 is 1.34 bits per heavy atom. The van der Waals surface area contributed by atoms with Crippen molar-refractivity contribution in [3.8, 4) is 34.0 Å². The molecule has 220 valence electrons. The van der Waals surface area contributed by atoms with Crippen LogP contribution in [0.5, 0.6) is 5.75 Å². The van der Waals surface area contributed by atoms with Crippen LogP contribution in [0.25, 0.3) is 28.2 Å².